The van der Waals surface area contributed by atoms with Crippen molar-refractivity contribution in [3.63, 3.8) is 0 Å². The fourth-order valence-electron chi connectivity index (χ4n) is 1.04. The van der Waals surface area contributed by atoms with E-state index in [9.17, 15) is 9.90 Å². The van der Waals surface area contributed by atoms with Crippen LogP contribution in [0.2, 0.25) is 0 Å². The Bertz CT molecular complexity index is 371. The van der Waals surface area contributed by atoms with Crippen LogP contribution in [0.15, 0.2) is 30.9 Å². The molecule has 0 aliphatic heterocycles. The minimum absolute atomic E-state index is 0.133. The molecule has 0 heterocycles. The molecule has 1 aromatic carbocycles. The first-order valence-corrected chi connectivity index (χ1v) is 4.45. The summed E-state index contributed by atoms with van der Waals surface area (Å²) in [5.74, 6) is -1.01. The van der Waals surface area contributed by atoms with Crippen molar-refractivity contribution in [2.75, 3.05) is 6.61 Å². The van der Waals surface area contributed by atoms with Crippen molar-refractivity contribution in [1.29, 1.82) is 0 Å². The number of hydrogen-bond donors (Lipinski definition) is 2. The molecule has 0 amide bonds. The molecule has 4 heteroatoms. The Morgan fingerprint density at radius 3 is 2.80 bits per heavy atom. The summed E-state index contributed by atoms with van der Waals surface area (Å²) in [4.78, 5) is 10.6. The number of aromatic carboxylic acids is 1. The van der Waals surface area contributed by atoms with E-state index in [1.165, 1.54) is 18.2 Å². The summed E-state index contributed by atoms with van der Waals surface area (Å²) in [5, 5.41) is 18.0. The molecule has 1 rings (SSSR count). The Kier molecular flexibility index (Phi) is 3.74. The van der Waals surface area contributed by atoms with Crippen molar-refractivity contribution in [3.05, 3.63) is 36.4 Å². The Morgan fingerprint density at radius 1 is 1.53 bits per heavy atom. The van der Waals surface area contributed by atoms with E-state index >= 15 is 0 Å². The van der Waals surface area contributed by atoms with Crippen LogP contribution >= 0.6 is 0 Å². The highest BCUT2D eigenvalue weighted by atomic mass is 16.5. The Morgan fingerprint density at radius 2 is 2.27 bits per heavy atom. The fourth-order valence-corrected chi connectivity index (χ4v) is 1.04. The third-order valence-electron chi connectivity index (χ3n) is 1.79. The monoisotopic (exact) mass is 208 g/mol. The largest absolute Gasteiger partial charge is 0.507 e. The van der Waals surface area contributed by atoms with E-state index in [1.807, 2.05) is 0 Å². The second-order valence-electron chi connectivity index (χ2n) is 2.91. The zero-order valence-corrected chi connectivity index (χ0v) is 8.14. The normalized spacial score (nSPS) is 9.60. The molecule has 0 aliphatic carbocycles. The molecule has 2 N–H and O–H groups in total. The maximum Gasteiger partial charge on any atom is 0.339 e. The second-order valence-corrected chi connectivity index (χ2v) is 2.91. The van der Waals surface area contributed by atoms with E-state index in [0.29, 0.717) is 18.8 Å². The third-order valence-corrected chi connectivity index (χ3v) is 1.79. The molecule has 4 nitrogen and oxygen atoms in total. The van der Waals surface area contributed by atoms with Crippen molar-refractivity contribution in [3.8, 4) is 11.5 Å². The molecular formula is C11H12O4. The molecule has 1 aromatic rings. The lowest BCUT2D eigenvalue weighted by atomic mass is 10.2. The van der Waals surface area contributed by atoms with Crippen LogP contribution in [0.4, 0.5) is 0 Å². The minimum Gasteiger partial charge on any atom is -0.507 e. The van der Waals surface area contributed by atoms with E-state index in [2.05, 4.69) is 6.58 Å². The molecular weight excluding hydrogens is 196 g/mol. The lowest BCUT2D eigenvalue weighted by Crippen LogP contribution is -1.99. The predicted octanol–water partition coefficient (Wildman–Crippen LogP) is 2.05. The molecule has 0 bridgehead atoms. The average molecular weight is 208 g/mol. The molecule has 0 unspecified atom stereocenters. The highest BCUT2D eigenvalue weighted by Crippen LogP contribution is 2.23. The van der Waals surface area contributed by atoms with Gasteiger partial charge in [-0.2, -0.15) is 0 Å². The Balaban J connectivity index is 2.73. The number of carboxylic acids is 1. The molecule has 0 saturated carbocycles. The third kappa shape index (κ3) is 3.02. The van der Waals surface area contributed by atoms with Gasteiger partial charge in [0.05, 0.1) is 6.61 Å². The first-order valence-electron chi connectivity index (χ1n) is 4.45. The SMILES string of the molecule is C=CCCOc1ccc(C(=O)O)c(O)c1. The van der Waals surface area contributed by atoms with Crippen LogP contribution in [-0.2, 0) is 0 Å². The van der Waals surface area contributed by atoms with Gasteiger partial charge in [-0.25, -0.2) is 4.79 Å². The maximum atomic E-state index is 10.6. The Labute approximate surface area is 87.4 Å². The number of rotatable bonds is 5. The van der Waals surface area contributed by atoms with Crippen LogP contribution in [0.25, 0.3) is 0 Å². The number of aromatic hydroxyl groups is 1. The molecule has 0 atom stereocenters. The zero-order valence-electron chi connectivity index (χ0n) is 8.14. The van der Waals surface area contributed by atoms with Gasteiger partial charge in [0, 0.05) is 6.07 Å². The summed E-state index contributed by atoms with van der Waals surface area (Å²) in [6.45, 7) is 3.99. The van der Waals surface area contributed by atoms with Crippen LogP contribution in [-0.4, -0.2) is 22.8 Å². The number of hydrogen-bond acceptors (Lipinski definition) is 3. The van der Waals surface area contributed by atoms with E-state index in [4.69, 9.17) is 9.84 Å². The molecule has 0 aliphatic rings. The van der Waals surface area contributed by atoms with E-state index in [0.717, 1.165) is 0 Å². The maximum absolute atomic E-state index is 10.6. The van der Waals surface area contributed by atoms with E-state index in [1.54, 1.807) is 6.08 Å². The van der Waals surface area contributed by atoms with Gasteiger partial charge in [-0.1, -0.05) is 6.08 Å². The van der Waals surface area contributed by atoms with Crippen molar-refractivity contribution >= 4 is 5.97 Å². The van der Waals surface area contributed by atoms with Gasteiger partial charge in [0.15, 0.2) is 0 Å². The standard InChI is InChI=1S/C11H12O4/c1-2-3-6-15-8-4-5-9(11(13)14)10(12)7-8/h2,4-5,7,12H,1,3,6H2,(H,13,14). The van der Waals surface area contributed by atoms with E-state index < -0.39 is 5.97 Å². The van der Waals surface area contributed by atoms with Crippen LogP contribution < -0.4 is 4.74 Å². The predicted molar refractivity (Wildman–Crippen MR) is 55.4 cm³/mol. The number of benzene rings is 1. The molecule has 80 valence electrons. The van der Waals surface area contributed by atoms with Gasteiger partial charge < -0.3 is 14.9 Å². The van der Waals surface area contributed by atoms with Gasteiger partial charge in [-0.3, -0.25) is 0 Å². The summed E-state index contributed by atoms with van der Waals surface area (Å²) >= 11 is 0. The van der Waals surface area contributed by atoms with Crippen molar-refractivity contribution in [2.24, 2.45) is 0 Å². The quantitative estimate of drug-likeness (QED) is 0.574. The van der Waals surface area contributed by atoms with Gasteiger partial charge in [-0.15, -0.1) is 6.58 Å². The molecule has 0 spiro atoms. The zero-order chi connectivity index (χ0) is 11.3. The van der Waals surface area contributed by atoms with Gasteiger partial charge >= 0.3 is 5.97 Å². The first-order chi connectivity index (χ1) is 7.15. The van der Waals surface area contributed by atoms with Gasteiger partial charge in [0.1, 0.15) is 17.1 Å². The Hall–Kier alpha value is -1.97. The molecule has 0 saturated heterocycles. The van der Waals surface area contributed by atoms with Gasteiger partial charge in [-0.05, 0) is 18.6 Å². The van der Waals surface area contributed by atoms with Crippen LogP contribution in [0.5, 0.6) is 11.5 Å². The summed E-state index contributed by atoms with van der Waals surface area (Å²) < 4.78 is 5.24. The van der Waals surface area contributed by atoms with Gasteiger partial charge in [0.2, 0.25) is 0 Å². The van der Waals surface area contributed by atoms with E-state index in [-0.39, 0.29) is 11.3 Å². The summed E-state index contributed by atoms with van der Waals surface area (Å²) in [5.41, 5.74) is -0.133. The molecule has 0 aromatic heterocycles. The first kappa shape index (κ1) is 11.1. The highest BCUT2D eigenvalue weighted by molar-refractivity contribution is 5.90. The van der Waals surface area contributed by atoms with Crippen LogP contribution in [0, 0.1) is 0 Å². The number of carbonyl (C=O) groups is 1. The minimum atomic E-state index is -1.16. The van der Waals surface area contributed by atoms with Crippen molar-refractivity contribution < 1.29 is 19.7 Å². The second kappa shape index (κ2) is 5.05. The topological polar surface area (TPSA) is 66.8 Å². The summed E-state index contributed by atoms with van der Waals surface area (Å²) in [6, 6.07) is 4.10. The number of phenols is 1. The van der Waals surface area contributed by atoms with Crippen molar-refractivity contribution in [2.45, 2.75) is 6.42 Å². The van der Waals surface area contributed by atoms with Crippen LogP contribution in [0.3, 0.4) is 0 Å². The summed E-state index contributed by atoms with van der Waals surface area (Å²) in [6.07, 6.45) is 2.41. The van der Waals surface area contributed by atoms with Crippen molar-refractivity contribution in [1.82, 2.24) is 0 Å². The highest BCUT2D eigenvalue weighted by Gasteiger charge is 2.09. The average Bonchev–Trinajstić information content (AvgIpc) is 2.17. The molecule has 15 heavy (non-hydrogen) atoms. The summed E-state index contributed by atoms with van der Waals surface area (Å²) in [7, 11) is 0. The van der Waals surface area contributed by atoms with Gasteiger partial charge in [0.25, 0.3) is 0 Å². The molecule has 0 fully saturated rings. The number of carboxylic acid groups (broad SMARTS) is 1. The van der Waals surface area contributed by atoms with Crippen LogP contribution in [0.1, 0.15) is 16.8 Å². The lowest BCUT2D eigenvalue weighted by Gasteiger charge is -2.06. The smallest absolute Gasteiger partial charge is 0.339 e. The number of ether oxygens (including phenoxy) is 1. The lowest BCUT2D eigenvalue weighted by molar-refractivity contribution is 0.0693. The molecule has 0 radical (unpaired) electrons. The fraction of sp³-hybridized carbons (Fsp3) is 0.182.